The molecule has 22 heavy (non-hydrogen) atoms. The second kappa shape index (κ2) is 6.87. The van der Waals surface area contributed by atoms with E-state index in [-0.39, 0.29) is 11.6 Å². The van der Waals surface area contributed by atoms with Gasteiger partial charge in [0.15, 0.2) is 6.54 Å². The summed E-state index contributed by atoms with van der Waals surface area (Å²) in [7, 11) is 0. The van der Waals surface area contributed by atoms with Gasteiger partial charge in [-0.2, -0.15) is 0 Å². The number of hydrogen-bond donors (Lipinski definition) is 2. The third-order valence-corrected chi connectivity index (χ3v) is 4.64. The zero-order valence-electron chi connectivity index (χ0n) is 13.4. The number of nitro benzene ring substituents is 1. The van der Waals surface area contributed by atoms with Gasteiger partial charge in [0.25, 0.3) is 11.6 Å². The predicted octanol–water partition coefficient (Wildman–Crippen LogP) is 1.61. The van der Waals surface area contributed by atoms with E-state index in [2.05, 4.69) is 12.2 Å². The second-order valence-corrected chi connectivity index (χ2v) is 6.19. The summed E-state index contributed by atoms with van der Waals surface area (Å²) in [6, 6.07) is 3.63. The van der Waals surface area contributed by atoms with Gasteiger partial charge < -0.3 is 10.2 Å². The van der Waals surface area contributed by atoms with E-state index in [1.165, 1.54) is 17.4 Å². The van der Waals surface area contributed by atoms with E-state index in [0.717, 1.165) is 30.5 Å². The first-order valence-electron chi connectivity index (χ1n) is 7.79. The first-order chi connectivity index (χ1) is 10.4. The van der Waals surface area contributed by atoms with E-state index in [9.17, 15) is 14.9 Å². The molecule has 2 atom stereocenters. The molecule has 120 valence electrons. The molecular weight excluding hydrogens is 282 g/mol. The number of anilines is 1. The van der Waals surface area contributed by atoms with Crippen LogP contribution in [0.3, 0.4) is 0 Å². The summed E-state index contributed by atoms with van der Waals surface area (Å²) < 4.78 is 0. The molecule has 0 aliphatic carbocycles. The van der Waals surface area contributed by atoms with Crippen LogP contribution >= 0.6 is 0 Å². The average Bonchev–Trinajstić information content (AvgIpc) is 2.46. The summed E-state index contributed by atoms with van der Waals surface area (Å²) >= 11 is 0. The minimum Gasteiger partial charge on any atom is -0.325 e. The molecule has 6 heteroatoms. The molecule has 0 spiro atoms. The highest BCUT2D eigenvalue weighted by Crippen LogP contribution is 2.29. The molecule has 1 aromatic rings. The summed E-state index contributed by atoms with van der Waals surface area (Å²) in [4.78, 5) is 24.3. The predicted molar refractivity (Wildman–Crippen MR) is 85.2 cm³/mol. The quantitative estimate of drug-likeness (QED) is 0.655. The van der Waals surface area contributed by atoms with Crippen LogP contribution in [-0.4, -0.2) is 30.0 Å². The third kappa shape index (κ3) is 3.62. The van der Waals surface area contributed by atoms with Gasteiger partial charge in [0.1, 0.15) is 5.69 Å². The maximum atomic E-state index is 12.3. The standard InChI is InChI=1S/C16H23N3O3/c1-11-7-8-14(19(21)22)16(13(11)3)17-15(20)10-18-9-5-4-6-12(18)2/h7-8,12H,4-6,9-10H2,1-3H3,(H,17,20)/p+1/t12-/m1/s1. The maximum Gasteiger partial charge on any atom is 0.293 e. The second-order valence-electron chi connectivity index (χ2n) is 6.19. The monoisotopic (exact) mass is 306 g/mol. The van der Waals surface area contributed by atoms with Crippen molar-refractivity contribution in [1.82, 2.24) is 0 Å². The molecule has 1 aliphatic rings. The van der Waals surface area contributed by atoms with E-state index < -0.39 is 4.92 Å². The van der Waals surface area contributed by atoms with Crippen LogP contribution in [0.1, 0.15) is 37.3 Å². The van der Waals surface area contributed by atoms with Crippen molar-refractivity contribution in [2.24, 2.45) is 0 Å². The zero-order chi connectivity index (χ0) is 16.3. The molecule has 0 aromatic heterocycles. The summed E-state index contributed by atoms with van der Waals surface area (Å²) in [6.45, 7) is 7.19. The number of nitro groups is 1. The number of benzene rings is 1. The number of carbonyl (C=O) groups excluding carboxylic acids is 1. The van der Waals surface area contributed by atoms with E-state index in [1.54, 1.807) is 13.0 Å². The molecule has 2 N–H and O–H groups in total. The fraction of sp³-hybridized carbons (Fsp3) is 0.562. The van der Waals surface area contributed by atoms with E-state index in [1.807, 2.05) is 6.92 Å². The number of nitrogens with zero attached hydrogens (tertiary/aromatic N) is 1. The van der Waals surface area contributed by atoms with Crippen LogP contribution in [0, 0.1) is 24.0 Å². The molecule has 1 amide bonds. The number of quaternary nitrogens is 1. The van der Waals surface area contributed by atoms with Crippen molar-refractivity contribution in [3.05, 3.63) is 33.4 Å². The van der Waals surface area contributed by atoms with Gasteiger partial charge in [0.2, 0.25) is 0 Å². The van der Waals surface area contributed by atoms with E-state index >= 15 is 0 Å². The third-order valence-electron chi connectivity index (χ3n) is 4.64. The van der Waals surface area contributed by atoms with E-state index in [0.29, 0.717) is 18.3 Å². The minimum absolute atomic E-state index is 0.0434. The van der Waals surface area contributed by atoms with Gasteiger partial charge in [-0.05, 0) is 51.2 Å². The number of aryl methyl sites for hydroxylation is 1. The highest BCUT2D eigenvalue weighted by Gasteiger charge is 2.26. The number of piperidine rings is 1. The highest BCUT2D eigenvalue weighted by atomic mass is 16.6. The van der Waals surface area contributed by atoms with Crippen molar-refractivity contribution >= 4 is 17.3 Å². The zero-order valence-corrected chi connectivity index (χ0v) is 13.4. The summed E-state index contributed by atoms with van der Waals surface area (Å²) in [5.74, 6) is -0.152. The van der Waals surface area contributed by atoms with Crippen LogP contribution in [0.15, 0.2) is 12.1 Å². The number of nitrogens with one attached hydrogen (secondary N) is 2. The lowest BCUT2D eigenvalue weighted by Gasteiger charge is -2.29. The topological polar surface area (TPSA) is 76.7 Å². The van der Waals surface area contributed by atoms with Crippen LogP contribution in [-0.2, 0) is 4.79 Å². The van der Waals surface area contributed by atoms with Crippen molar-refractivity contribution in [3.63, 3.8) is 0 Å². The average molecular weight is 306 g/mol. The van der Waals surface area contributed by atoms with Gasteiger partial charge in [-0.3, -0.25) is 14.9 Å². The molecule has 2 rings (SSSR count). The van der Waals surface area contributed by atoms with Crippen LogP contribution < -0.4 is 10.2 Å². The van der Waals surface area contributed by atoms with Crippen LogP contribution in [0.4, 0.5) is 11.4 Å². The molecule has 6 nitrogen and oxygen atoms in total. The van der Waals surface area contributed by atoms with Gasteiger partial charge in [0, 0.05) is 6.07 Å². The molecular formula is C16H24N3O3+. The number of amides is 1. The minimum atomic E-state index is -0.446. The van der Waals surface area contributed by atoms with Crippen LogP contribution in [0.5, 0.6) is 0 Å². The number of carbonyl (C=O) groups is 1. The molecule has 1 aromatic carbocycles. The lowest BCUT2D eigenvalue weighted by molar-refractivity contribution is -0.920. The molecule has 1 saturated heterocycles. The molecule has 1 unspecified atom stereocenters. The first kappa shape index (κ1) is 16.4. The Morgan fingerprint density at radius 1 is 1.41 bits per heavy atom. The van der Waals surface area contributed by atoms with Crippen LogP contribution in [0.2, 0.25) is 0 Å². The molecule has 0 saturated carbocycles. The van der Waals surface area contributed by atoms with E-state index in [4.69, 9.17) is 0 Å². The lowest BCUT2D eigenvalue weighted by Crippen LogP contribution is -3.17. The number of likely N-dealkylation sites (tertiary alicyclic amines) is 1. The lowest BCUT2D eigenvalue weighted by atomic mass is 10.0. The molecule has 1 heterocycles. The number of rotatable bonds is 4. The molecule has 0 bridgehead atoms. The molecule has 0 radical (unpaired) electrons. The molecule has 1 fully saturated rings. The maximum absolute atomic E-state index is 12.3. The summed E-state index contributed by atoms with van der Waals surface area (Å²) in [5, 5.41) is 13.9. The Hall–Kier alpha value is -1.95. The smallest absolute Gasteiger partial charge is 0.293 e. The Bertz CT molecular complexity index is 586. The normalized spacial score (nSPS) is 21.4. The van der Waals surface area contributed by atoms with Crippen molar-refractivity contribution in [1.29, 1.82) is 0 Å². The van der Waals surface area contributed by atoms with Crippen molar-refractivity contribution in [2.45, 2.75) is 46.1 Å². The summed E-state index contributed by atoms with van der Waals surface area (Å²) in [5.41, 5.74) is 1.97. The van der Waals surface area contributed by atoms with Crippen LogP contribution in [0.25, 0.3) is 0 Å². The largest absolute Gasteiger partial charge is 0.325 e. The van der Waals surface area contributed by atoms with Gasteiger partial charge in [-0.25, -0.2) is 0 Å². The Morgan fingerprint density at radius 2 is 2.14 bits per heavy atom. The summed E-state index contributed by atoms with van der Waals surface area (Å²) in [6.07, 6.45) is 3.48. The van der Waals surface area contributed by atoms with Gasteiger partial charge in [-0.15, -0.1) is 0 Å². The Labute approximate surface area is 130 Å². The van der Waals surface area contributed by atoms with Gasteiger partial charge >= 0.3 is 0 Å². The Kier molecular flexibility index (Phi) is 5.13. The molecule has 1 aliphatic heterocycles. The van der Waals surface area contributed by atoms with Crippen molar-refractivity contribution in [3.8, 4) is 0 Å². The fourth-order valence-electron chi connectivity index (χ4n) is 3.02. The van der Waals surface area contributed by atoms with Crippen molar-refractivity contribution < 1.29 is 14.6 Å². The Balaban J connectivity index is 2.14. The fourth-order valence-corrected chi connectivity index (χ4v) is 3.02. The van der Waals surface area contributed by atoms with Gasteiger partial charge in [-0.1, -0.05) is 6.07 Å². The Morgan fingerprint density at radius 3 is 2.77 bits per heavy atom. The number of hydrogen-bond acceptors (Lipinski definition) is 3. The van der Waals surface area contributed by atoms with Crippen molar-refractivity contribution in [2.75, 3.05) is 18.4 Å². The first-order valence-corrected chi connectivity index (χ1v) is 7.79. The van der Waals surface area contributed by atoms with Gasteiger partial charge in [0.05, 0.1) is 17.5 Å². The SMILES string of the molecule is Cc1ccc([N+](=O)[O-])c(NC(=O)C[NH+]2CCCC[C@H]2C)c1C. The highest BCUT2D eigenvalue weighted by molar-refractivity contribution is 5.95.